The molecule has 2 aromatic heterocycles. The molecule has 0 N–H and O–H groups in total. The highest BCUT2D eigenvalue weighted by Gasteiger charge is 2.25. The standard InChI is InChI=1S/C19H18FN3O2S/c1-13-21-15(12-26-13)17-6-7-18(25-17)19(24)23-10-8-22(9-11-23)16-5-3-2-4-14(16)20/h2-7,12H,8-11H2,1H3. The quantitative estimate of drug-likeness (QED) is 0.702. The van der Waals surface area contributed by atoms with Crippen LogP contribution in [0.5, 0.6) is 0 Å². The molecule has 0 bridgehead atoms. The maximum atomic E-state index is 13.9. The van der Waals surface area contributed by atoms with E-state index in [-0.39, 0.29) is 11.7 Å². The van der Waals surface area contributed by atoms with Crippen LogP contribution in [0.4, 0.5) is 10.1 Å². The summed E-state index contributed by atoms with van der Waals surface area (Å²) in [5, 5.41) is 2.86. The maximum Gasteiger partial charge on any atom is 0.289 e. The van der Waals surface area contributed by atoms with Crippen LogP contribution in [-0.4, -0.2) is 42.0 Å². The van der Waals surface area contributed by atoms with Crippen LogP contribution in [0, 0.1) is 12.7 Å². The molecule has 1 saturated heterocycles. The maximum absolute atomic E-state index is 13.9. The fraction of sp³-hybridized carbons (Fsp3) is 0.263. The fourth-order valence-corrected chi connectivity index (χ4v) is 3.68. The first kappa shape index (κ1) is 16.8. The van der Waals surface area contributed by atoms with Gasteiger partial charge in [-0.2, -0.15) is 0 Å². The summed E-state index contributed by atoms with van der Waals surface area (Å²) >= 11 is 1.54. The first-order chi connectivity index (χ1) is 12.6. The minimum atomic E-state index is -0.235. The molecule has 0 radical (unpaired) electrons. The number of furan rings is 1. The van der Waals surface area contributed by atoms with Crippen LogP contribution in [0.2, 0.25) is 0 Å². The van der Waals surface area contributed by atoms with Crippen molar-refractivity contribution in [3.63, 3.8) is 0 Å². The van der Waals surface area contributed by atoms with Crippen LogP contribution in [0.1, 0.15) is 15.6 Å². The van der Waals surface area contributed by atoms with Crippen LogP contribution >= 0.6 is 11.3 Å². The number of anilines is 1. The van der Waals surface area contributed by atoms with Gasteiger partial charge in [-0.15, -0.1) is 11.3 Å². The highest BCUT2D eigenvalue weighted by atomic mass is 32.1. The Kier molecular flexibility index (Phi) is 4.46. The van der Waals surface area contributed by atoms with Gasteiger partial charge in [0.15, 0.2) is 11.5 Å². The summed E-state index contributed by atoms with van der Waals surface area (Å²) in [6.07, 6.45) is 0. The van der Waals surface area contributed by atoms with E-state index in [0.717, 1.165) is 10.7 Å². The molecule has 1 aromatic carbocycles. The summed E-state index contributed by atoms with van der Waals surface area (Å²) in [5.41, 5.74) is 1.33. The number of carbonyl (C=O) groups is 1. The fourth-order valence-electron chi connectivity index (χ4n) is 3.08. The molecular weight excluding hydrogens is 353 g/mol. The summed E-state index contributed by atoms with van der Waals surface area (Å²) in [5.74, 6) is 0.533. The van der Waals surface area contributed by atoms with Gasteiger partial charge in [0.25, 0.3) is 5.91 Å². The van der Waals surface area contributed by atoms with E-state index in [0.29, 0.717) is 43.4 Å². The van der Waals surface area contributed by atoms with E-state index in [1.165, 1.54) is 6.07 Å². The average Bonchev–Trinajstić information content (AvgIpc) is 3.31. The number of rotatable bonds is 3. The predicted molar refractivity (Wildman–Crippen MR) is 99.1 cm³/mol. The van der Waals surface area contributed by atoms with E-state index < -0.39 is 0 Å². The number of amides is 1. The molecule has 0 saturated carbocycles. The number of carbonyl (C=O) groups excluding carboxylic acids is 1. The van der Waals surface area contributed by atoms with Gasteiger partial charge in [0.05, 0.1) is 10.7 Å². The van der Waals surface area contributed by atoms with E-state index in [2.05, 4.69) is 4.98 Å². The van der Waals surface area contributed by atoms with Crippen LogP contribution < -0.4 is 4.90 Å². The number of benzene rings is 1. The van der Waals surface area contributed by atoms with Gasteiger partial charge < -0.3 is 14.2 Å². The third kappa shape index (κ3) is 3.22. The van der Waals surface area contributed by atoms with E-state index in [4.69, 9.17) is 4.42 Å². The molecule has 0 unspecified atom stereocenters. The molecule has 1 amide bonds. The molecule has 1 fully saturated rings. The van der Waals surface area contributed by atoms with Crippen LogP contribution in [-0.2, 0) is 0 Å². The second kappa shape index (κ2) is 6.92. The lowest BCUT2D eigenvalue weighted by atomic mass is 10.2. The highest BCUT2D eigenvalue weighted by molar-refractivity contribution is 7.09. The second-order valence-corrected chi connectivity index (χ2v) is 7.21. The SMILES string of the molecule is Cc1nc(-c2ccc(C(=O)N3CCN(c4ccccc4F)CC3)o2)cs1. The zero-order valence-electron chi connectivity index (χ0n) is 14.3. The Balaban J connectivity index is 1.42. The van der Waals surface area contributed by atoms with Gasteiger partial charge in [-0.1, -0.05) is 12.1 Å². The van der Waals surface area contributed by atoms with Gasteiger partial charge in [-0.05, 0) is 31.2 Å². The van der Waals surface area contributed by atoms with Crippen LogP contribution in [0.3, 0.4) is 0 Å². The molecule has 0 spiro atoms. The molecule has 4 rings (SSSR count). The van der Waals surface area contributed by atoms with Gasteiger partial charge in [0, 0.05) is 31.6 Å². The average molecular weight is 371 g/mol. The van der Waals surface area contributed by atoms with Crippen molar-refractivity contribution in [2.24, 2.45) is 0 Å². The van der Waals surface area contributed by atoms with Crippen molar-refractivity contribution in [1.29, 1.82) is 0 Å². The molecule has 0 aliphatic carbocycles. The number of halogens is 1. The van der Waals surface area contributed by atoms with E-state index in [1.54, 1.807) is 40.5 Å². The minimum Gasteiger partial charge on any atom is -0.449 e. The molecule has 3 heterocycles. The summed E-state index contributed by atoms with van der Waals surface area (Å²) < 4.78 is 19.6. The van der Waals surface area contributed by atoms with E-state index >= 15 is 0 Å². The second-order valence-electron chi connectivity index (χ2n) is 6.15. The molecule has 0 atom stereocenters. The van der Waals surface area contributed by atoms with Gasteiger partial charge in [0.1, 0.15) is 11.5 Å². The van der Waals surface area contributed by atoms with Crippen molar-refractivity contribution >= 4 is 22.9 Å². The largest absolute Gasteiger partial charge is 0.449 e. The highest BCUT2D eigenvalue weighted by Crippen LogP contribution is 2.25. The van der Waals surface area contributed by atoms with Gasteiger partial charge in [-0.3, -0.25) is 4.79 Å². The van der Waals surface area contributed by atoms with Gasteiger partial charge in [-0.25, -0.2) is 9.37 Å². The third-order valence-corrected chi connectivity index (χ3v) is 5.22. The monoisotopic (exact) mass is 371 g/mol. The van der Waals surface area contributed by atoms with E-state index in [9.17, 15) is 9.18 Å². The zero-order valence-corrected chi connectivity index (χ0v) is 15.1. The first-order valence-corrected chi connectivity index (χ1v) is 9.31. The number of piperazine rings is 1. The van der Waals surface area contributed by atoms with Crippen molar-refractivity contribution in [2.45, 2.75) is 6.92 Å². The zero-order chi connectivity index (χ0) is 18.1. The topological polar surface area (TPSA) is 49.6 Å². The molecule has 1 aliphatic rings. The lowest BCUT2D eigenvalue weighted by molar-refractivity contribution is 0.0715. The Labute approximate surface area is 154 Å². The van der Waals surface area contributed by atoms with Crippen LogP contribution in [0.15, 0.2) is 46.2 Å². The Morgan fingerprint density at radius 3 is 2.62 bits per heavy atom. The van der Waals surface area contributed by atoms with Gasteiger partial charge in [0.2, 0.25) is 0 Å². The Bertz CT molecular complexity index is 928. The number of thiazole rings is 1. The molecule has 7 heteroatoms. The number of nitrogens with zero attached hydrogens (tertiary/aromatic N) is 3. The van der Waals surface area contributed by atoms with E-state index in [1.807, 2.05) is 23.3 Å². The summed E-state index contributed by atoms with van der Waals surface area (Å²) in [6, 6.07) is 10.2. The van der Waals surface area contributed by atoms with Crippen molar-refractivity contribution in [3.05, 3.63) is 58.4 Å². The first-order valence-electron chi connectivity index (χ1n) is 8.43. The number of hydrogen-bond acceptors (Lipinski definition) is 5. The molecule has 1 aliphatic heterocycles. The lowest BCUT2D eigenvalue weighted by Crippen LogP contribution is -2.49. The molecule has 26 heavy (non-hydrogen) atoms. The molecule has 3 aromatic rings. The van der Waals surface area contributed by atoms with Crippen molar-refractivity contribution in [2.75, 3.05) is 31.1 Å². The summed E-state index contributed by atoms with van der Waals surface area (Å²) in [4.78, 5) is 20.8. The molecule has 5 nitrogen and oxygen atoms in total. The minimum absolute atomic E-state index is 0.142. The summed E-state index contributed by atoms with van der Waals surface area (Å²) in [7, 11) is 0. The number of aromatic nitrogens is 1. The molecular formula is C19H18FN3O2S. The van der Waals surface area contributed by atoms with Crippen molar-refractivity contribution < 1.29 is 13.6 Å². The Morgan fingerprint density at radius 2 is 1.92 bits per heavy atom. The van der Waals surface area contributed by atoms with Gasteiger partial charge >= 0.3 is 0 Å². The lowest BCUT2D eigenvalue weighted by Gasteiger charge is -2.35. The molecule has 134 valence electrons. The van der Waals surface area contributed by atoms with Crippen molar-refractivity contribution in [3.8, 4) is 11.5 Å². The Hall–Kier alpha value is -2.67. The normalized spacial score (nSPS) is 14.7. The number of hydrogen-bond donors (Lipinski definition) is 0. The van der Waals surface area contributed by atoms with Crippen molar-refractivity contribution in [1.82, 2.24) is 9.88 Å². The number of aryl methyl sites for hydroxylation is 1. The third-order valence-electron chi connectivity index (χ3n) is 4.45. The van der Waals surface area contributed by atoms with Crippen LogP contribution in [0.25, 0.3) is 11.5 Å². The predicted octanol–water partition coefficient (Wildman–Crippen LogP) is 3.81. The summed E-state index contributed by atoms with van der Waals surface area (Å²) in [6.45, 7) is 4.16. The Morgan fingerprint density at radius 1 is 1.15 bits per heavy atom. The number of para-hydroxylation sites is 1. The smallest absolute Gasteiger partial charge is 0.289 e.